The molecule has 0 saturated heterocycles. The van der Waals surface area contributed by atoms with Gasteiger partial charge in [0.2, 0.25) is 0 Å². The minimum absolute atomic E-state index is 0.00325. The molecule has 0 bridgehead atoms. The molecule has 18 heavy (non-hydrogen) atoms. The molecule has 1 rings (SSSR count). The van der Waals surface area contributed by atoms with E-state index in [9.17, 15) is 4.79 Å². The number of rotatable bonds is 3. The summed E-state index contributed by atoms with van der Waals surface area (Å²) >= 11 is 5.84. The van der Waals surface area contributed by atoms with Crippen LogP contribution in [0.15, 0.2) is 23.4 Å². The summed E-state index contributed by atoms with van der Waals surface area (Å²) < 4.78 is 0. The first-order valence-electron chi connectivity index (χ1n) is 5.29. The Bertz CT molecular complexity index is 474. The Labute approximate surface area is 110 Å². The third-order valence-electron chi connectivity index (χ3n) is 2.03. The molecule has 7 heteroatoms. The van der Waals surface area contributed by atoms with Crippen molar-refractivity contribution in [3.8, 4) is 0 Å². The van der Waals surface area contributed by atoms with Crippen LogP contribution in [0.4, 0.5) is 10.5 Å². The molecule has 0 atom stereocenters. The maximum absolute atomic E-state index is 11.6. The molecule has 1 aromatic rings. The van der Waals surface area contributed by atoms with Gasteiger partial charge in [0.25, 0.3) is 0 Å². The molecule has 1 aromatic carbocycles. The normalized spacial score (nSPS) is 11.4. The van der Waals surface area contributed by atoms with Crippen LogP contribution in [0.3, 0.4) is 0 Å². The largest absolute Gasteiger partial charge is 0.409 e. The van der Waals surface area contributed by atoms with Gasteiger partial charge in [-0.15, -0.1) is 0 Å². The predicted molar refractivity (Wildman–Crippen MR) is 71.3 cm³/mol. The summed E-state index contributed by atoms with van der Waals surface area (Å²) in [4.78, 5) is 11.6. The van der Waals surface area contributed by atoms with Gasteiger partial charge in [-0.1, -0.05) is 16.8 Å². The van der Waals surface area contributed by atoms with Crippen molar-refractivity contribution in [3.05, 3.63) is 28.8 Å². The van der Waals surface area contributed by atoms with Gasteiger partial charge in [0.15, 0.2) is 5.84 Å². The maximum atomic E-state index is 11.6. The molecule has 2 amide bonds. The fourth-order valence-electron chi connectivity index (χ4n) is 1.32. The number of nitrogens with zero attached hydrogens (tertiary/aromatic N) is 1. The SMILES string of the molecule is CC(C)NC(=O)Nc1cc(Cl)ccc1C(N)=NO. The zero-order valence-electron chi connectivity index (χ0n) is 10.1. The number of oxime groups is 1. The highest BCUT2D eigenvalue weighted by molar-refractivity contribution is 6.31. The first-order valence-corrected chi connectivity index (χ1v) is 5.66. The van der Waals surface area contributed by atoms with Gasteiger partial charge in [-0.25, -0.2) is 4.79 Å². The number of urea groups is 1. The van der Waals surface area contributed by atoms with E-state index in [2.05, 4.69) is 15.8 Å². The Morgan fingerprint density at radius 3 is 2.72 bits per heavy atom. The molecule has 0 unspecified atom stereocenters. The number of hydrogen-bond acceptors (Lipinski definition) is 3. The number of nitrogens with one attached hydrogen (secondary N) is 2. The fourth-order valence-corrected chi connectivity index (χ4v) is 1.49. The van der Waals surface area contributed by atoms with Crippen LogP contribution in [0.25, 0.3) is 0 Å². The van der Waals surface area contributed by atoms with Gasteiger partial charge in [0.05, 0.1) is 5.69 Å². The molecule has 0 heterocycles. The highest BCUT2D eigenvalue weighted by Crippen LogP contribution is 2.20. The third-order valence-corrected chi connectivity index (χ3v) is 2.27. The molecule has 0 aliphatic heterocycles. The van der Waals surface area contributed by atoms with E-state index in [4.69, 9.17) is 22.5 Å². The third kappa shape index (κ3) is 3.81. The van der Waals surface area contributed by atoms with Crippen molar-refractivity contribution in [3.63, 3.8) is 0 Å². The van der Waals surface area contributed by atoms with Crippen LogP contribution in [0.5, 0.6) is 0 Å². The average molecular weight is 271 g/mol. The second-order valence-corrected chi connectivity index (χ2v) is 4.36. The molecular weight excluding hydrogens is 256 g/mol. The van der Waals surface area contributed by atoms with Gasteiger partial charge in [-0.05, 0) is 32.0 Å². The minimum atomic E-state index is -0.390. The Morgan fingerprint density at radius 1 is 1.50 bits per heavy atom. The van der Waals surface area contributed by atoms with Crippen molar-refractivity contribution in [2.45, 2.75) is 19.9 Å². The van der Waals surface area contributed by atoms with E-state index in [1.165, 1.54) is 6.07 Å². The monoisotopic (exact) mass is 270 g/mol. The van der Waals surface area contributed by atoms with E-state index in [1.807, 2.05) is 13.8 Å². The van der Waals surface area contributed by atoms with Gasteiger partial charge >= 0.3 is 6.03 Å². The Hall–Kier alpha value is -1.95. The van der Waals surface area contributed by atoms with Crippen LogP contribution in [0, 0.1) is 0 Å². The number of hydrogen-bond donors (Lipinski definition) is 4. The van der Waals surface area contributed by atoms with E-state index in [0.717, 1.165) is 0 Å². The summed E-state index contributed by atoms with van der Waals surface area (Å²) in [6, 6.07) is 4.27. The molecule has 0 fully saturated rings. The van der Waals surface area contributed by atoms with Gasteiger partial charge in [0, 0.05) is 16.6 Å². The van der Waals surface area contributed by atoms with Crippen molar-refractivity contribution in [2.24, 2.45) is 10.9 Å². The number of nitrogens with two attached hydrogens (primary N) is 1. The molecule has 5 N–H and O–H groups in total. The topological polar surface area (TPSA) is 99.7 Å². The lowest BCUT2D eigenvalue weighted by Gasteiger charge is -2.13. The summed E-state index contributed by atoms with van der Waals surface area (Å²) in [5, 5.41) is 17.2. The zero-order valence-corrected chi connectivity index (χ0v) is 10.8. The second kappa shape index (κ2) is 6.11. The highest BCUT2D eigenvalue weighted by Gasteiger charge is 2.11. The summed E-state index contributed by atoms with van der Waals surface area (Å²) in [6.07, 6.45) is 0. The smallest absolute Gasteiger partial charge is 0.319 e. The fraction of sp³-hybridized carbons (Fsp3) is 0.273. The molecular formula is C11H15ClN4O2. The number of halogens is 1. The molecule has 0 aliphatic rings. The molecule has 6 nitrogen and oxygen atoms in total. The number of anilines is 1. The van der Waals surface area contributed by atoms with E-state index >= 15 is 0 Å². The lowest BCUT2D eigenvalue weighted by molar-refractivity contribution is 0.250. The van der Waals surface area contributed by atoms with E-state index in [1.54, 1.807) is 12.1 Å². The van der Waals surface area contributed by atoms with Crippen LogP contribution in [0.1, 0.15) is 19.4 Å². The number of carbonyl (C=O) groups excluding carboxylic acids is 1. The number of amides is 2. The zero-order chi connectivity index (χ0) is 13.7. The van der Waals surface area contributed by atoms with Gasteiger partial charge in [-0.2, -0.15) is 0 Å². The van der Waals surface area contributed by atoms with Crippen LogP contribution in [0.2, 0.25) is 5.02 Å². The molecule has 0 spiro atoms. The Balaban J connectivity index is 2.99. The van der Waals surface area contributed by atoms with Crippen molar-refractivity contribution in [1.82, 2.24) is 5.32 Å². The molecule has 98 valence electrons. The summed E-state index contributed by atoms with van der Waals surface area (Å²) in [7, 11) is 0. The van der Waals surface area contributed by atoms with Gasteiger partial charge in [-0.3, -0.25) is 0 Å². The van der Waals surface area contributed by atoms with E-state index in [0.29, 0.717) is 16.3 Å². The number of benzene rings is 1. The molecule has 0 aliphatic carbocycles. The summed E-state index contributed by atoms with van der Waals surface area (Å²) in [6.45, 7) is 3.67. The van der Waals surface area contributed by atoms with Crippen molar-refractivity contribution in [2.75, 3.05) is 5.32 Å². The Kier molecular flexibility index (Phi) is 4.79. The van der Waals surface area contributed by atoms with E-state index in [-0.39, 0.29) is 17.9 Å². The van der Waals surface area contributed by atoms with E-state index < -0.39 is 0 Å². The standard InChI is InChI=1S/C11H15ClN4O2/c1-6(2)14-11(17)15-9-5-7(12)3-4-8(9)10(13)16-18/h3-6,18H,1-2H3,(H2,13,16)(H2,14,15,17). The number of amidine groups is 1. The van der Waals surface area contributed by atoms with Gasteiger partial charge < -0.3 is 21.6 Å². The highest BCUT2D eigenvalue weighted by atomic mass is 35.5. The Morgan fingerprint density at radius 2 is 2.17 bits per heavy atom. The molecule has 0 radical (unpaired) electrons. The van der Waals surface area contributed by atoms with Crippen molar-refractivity contribution in [1.29, 1.82) is 0 Å². The quantitative estimate of drug-likeness (QED) is 0.292. The van der Waals surface area contributed by atoms with Crippen molar-refractivity contribution < 1.29 is 10.0 Å². The lowest BCUT2D eigenvalue weighted by Crippen LogP contribution is -2.34. The van der Waals surface area contributed by atoms with Crippen LogP contribution >= 0.6 is 11.6 Å². The number of carbonyl (C=O) groups is 1. The van der Waals surface area contributed by atoms with Crippen LogP contribution in [-0.2, 0) is 0 Å². The maximum Gasteiger partial charge on any atom is 0.319 e. The first-order chi connectivity index (χ1) is 8.43. The summed E-state index contributed by atoms with van der Waals surface area (Å²) in [5.74, 6) is -0.105. The summed E-state index contributed by atoms with van der Waals surface area (Å²) in [5.41, 5.74) is 6.27. The first kappa shape index (κ1) is 14.1. The van der Waals surface area contributed by atoms with Crippen LogP contribution in [-0.4, -0.2) is 23.1 Å². The van der Waals surface area contributed by atoms with Crippen LogP contribution < -0.4 is 16.4 Å². The van der Waals surface area contributed by atoms with Crippen molar-refractivity contribution >= 4 is 29.2 Å². The predicted octanol–water partition coefficient (Wildman–Crippen LogP) is 1.96. The lowest BCUT2D eigenvalue weighted by atomic mass is 10.1. The minimum Gasteiger partial charge on any atom is -0.409 e. The second-order valence-electron chi connectivity index (χ2n) is 3.93. The van der Waals surface area contributed by atoms with Gasteiger partial charge in [0.1, 0.15) is 0 Å². The average Bonchev–Trinajstić information content (AvgIpc) is 2.27. The molecule has 0 aromatic heterocycles. The molecule has 0 saturated carbocycles.